The molecule has 0 aromatic heterocycles. The van der Waals surface area contributed by atoms with Crippen LogP contribution in [0.2, 0.25) is 0 Å². The Labute approximate surface area is 124 Å². The molecule has 114 valence electrons. The highest BCUT2D eigenvalue weighted by Gasteiger charge is 2.07. The van der Waals surface area contributed by atoms with E-state index in [0.29, 0.717) is 0 Å². The molecule has 0 fully saturated rings. The maximum Gasteiger partial charge on any atom is 0.0716 e. The molecule has 2 nitrogen and oxygen atoms in total. The van der Waals surface area contributed by atoms with Crippen LogP contribution in [0.15, 0.2) is 24.3 Å². The minimum atomic E-state index is 0.167. The molecule has 0 aliphatic carbocycles. The van der Waals surface area contributed by atoms with E-state index in [1.165, 1.54) is 36.8 Å². The number of hydrogen-bond donors (Lipinski definition) is 1. The number of hydrogen-bond acceptors (Lipinski definition) is 2. The largest absolute Gasteiger partial charge is 0.377 e. The molecule has 1 aromatic rings. The molecule has 0 bridgehead atoms. The molecular weight excluding hydrogens is 246 g/mol. The normalized spacial score (nSPS) is 11.8. The molecule has 0 spiro atoms. The lowest BCUT2D eigenvalue weighted by Gasteiger charge is -2.20. The Balaban J connectivity index is 2.21. The van der Waals surface area contributed by atoms with Gasteiger partial charge in [0.25, 0.3) is 0 Å². The summed E-state index contributed by atoms with van der Waals surface area (Å²) in [6, 6.07) is 8.72. The van der Waals surface area contributed by atoms with Gasteiger partial charge in [0.05, 0.1) is 6.61 Å². The summed E-state index contributed by atoms with van der Waals surface area (Å²) in [6.07, 6.45) is 5.07. The van der Waals surface area contributed by atoms with Gasteiger partial charge < -0.3 is 10.1 Å². The van der Waals surface area contributed by atoms with E-state index < -0.39 is 0 Å². The Bertz CT molecular complexity index is 351. The van der Waals surface area contributed by atoms with Crippen LogP contribution in [0.1, 0.15) is 64.5 Å². The fourth-order valence-corrected chi connectivity index (χ4v) is 1.94. The van der Waals surface area contributed by atoms with Crippen molar-refractivity contribution in [2.45, 2.75) is 72.1 Å². The minimum Gasteiger partial charge on any atom is -0.377 e. The number of unbranched alkanes of at least 4 members (excludes halogenated alkanes) is 3. The van der Waals surface area contributed by atoms with Crippen molar-refractivity contribution in [1.82, 2.24) is 5.32 Å². The zero-order valence-corrected chi connectivity index (χ0v) is 13.7. The molecule has 0 aliphatic rings. The van der Waals surface area contributed by atoms with Crippen molar-refractivity contribution in [3.8, 4) is 0 Å². The van der Waals surface area contributed by atoms with Crippen LogP contribution in [-0.2, 0) is 17.9 Å². The van der Waals surface area contributed by atoms with E-state index in [2.05, 4.69) is 57.3 Å². The maximum absolute atomic E-state index is 5.70. The van der Waals surface area contributed by atoms with Crippen LogP contribution in [0.5, 0.6) is 0 Å². The van der Waals surface area contributed by atoms with E-state index in [9.17, 15) is 0 Å². The van der Waals surface area contributed by atoms with Gasteiger partial charge in [-0.2, -0.15) is 0 Å². The molecule has 0 amide bonds. The Kier molecular flexibility index (Phi) is 7.86. The number of nitrogens with one attached hydrogen (secondary N) is 1. The van der Waals surface area contributed by atoms with Gasteiger partial charge in [0, 0.05) is 18.7 Å². The summed E-state index contributed by atoms with van der Waals surface area (Å²) in [4.78, 5) is 0. The second-order valence-corrected chi connectivity index (χ2v) is 6.53. The SMILES string of the molecule is CCCCCCOCc1ccc(CNC(C)(C)C)cc1. The molecule has 0 radical (unpaired) electrons. The summed E-state index contributed by atoms with van der Waals surface area (Å²) in [5, 5.41) is 3.50. The Morgan fingerprint density at radius 2 is 1.60 bits per heavy atom. The average molecular weight is 277 g/mol. The lowest BCUT2D eigenvalue weighted by Crippen LogP contribution is -2.35. The van der Waals surface area contributed by atoms with E-state index in [1.54, 1.807) is 0 Å². The van der Waals surface area contributed by atoms with Gasteiger partial charge >= 0.3 is 0 Å². The van der Waals surface area contributed by atoms with Crippen LogP contribution in [-0.4, -0.2) is 12.1 Å². The number of ether oxygens (including phenoxy) is 1. The summed E-state index contributed by atoms with van der Waals surface area (Å²) < 4.78 is 5.70. The van der Waals surface area contributed by atoms with Gasteiger partial charge in [-0.05, 0) is 38.3 Å². The Hall–Kier alpha value is -0.860. The van der Waals surface area contributed by atoms with Crippen molar-refractivity contribution in [3.05, 3.63) is 35.4 Å². The van der Waals surface area contributed by atoms with Crippen molar-refractivity contribution in [3.63, 3.8) is 0 Å². The molecule has 0 heterocycles. The smallest absolute Gasteiger partial charge is 0.0716 e. The van der Waals surface area contributed by atoms with Gasteiger partial charge in [-0.15, -0.1) is 0 Å². The fourth-order valence-electron chi connectivity index (χ4n) is 1.94. The van der Waals surface area contributed by atoms with Crippen LogP contribution in [0.4, 0.5) is 0 Å². The highest BCUT2D eigenvalue weighted by Crippen LogP contribution is 2.08. The third-order valence-electron chi connectivity index (χ3n) is 3.26. The lowest BCUT2D eigenvalue weighted by molar-refractivity contribution is 0.117. The van der Waals surface area contributed by atoms with Crippen molar-refractivity contribution >= 4 is 0 Å². The van der Waals surface area contributed by atoms with Gasteiger partial charge in [0.1, 0.15) is 0 Å². The maximum atomic E-state index is 5.70. The second-order valence-electron chi connectivity index (χ2n) is 6.53. The number of benzene rings is 1. The summed E-state index contributed by atoms with van der Waals surface area (Å²) in [7, 11) is 0. The van der Waals surface area contributed by atoms with E-state index in [1.807, 2.05) is 0 Å². The highest BCUT2D eigenvalue weighted by molar-refractivity contribution is 5.22. The van der Waals surface area contributed by atoms with Crippen molar-refractivity contribution in [1.29, 1.82) is 0 Å². The molecular formula is C18H31NO. The van der Waals surface area contributed by atoms with Gasteiger partial charge in [-0.1, -0.05) is 50.5 Å². The van der Waals surface area contributed by atoms with E-state index in [4.69, 9.17) is 4.74 Å². The third-order valence-corrected chi connectivity index (χ3v) is 3.26. The molecule has 0 unspecified atom stereocenters. The molecule has 1 aromatic carbocycles. The Morgan fingerprint density at radius 1 is 0.950 bits per heavy atom. The van der Waals surface area contributed by atoms with Crippen molar-refractivity contribution in [2.24, 2.45) is 0 Å². The van der Waals surface area contributed by atoms with Crippen LogP contribution in [0, 0.1) is 0 Å². The molecule has 2 heteroatoms. The molecule has 0 aliphatic heterocycles. The van der Waals surface area contributed by atoms with E-state index in [0.717, 1.165) is 19.8 Å². The average Bonchev–Trinajstić information content (AvgIpc) is 2.41. The van der Waals surface area contributed by atoms with Crippen LogP contribution in [0.25, 0.3) is 0 Å². The van der Waals surface area contributed by atoms with Gasteiger partial charge in [0.15, 0.2) is 0 Å². The Morgan fingerprint density at radius 3 is 2.20 bits per heavy atom. The van der Waals surface area contributed by atoms with E-state index in [-0.39, 0.29) is 5.54 Å². The molecule has 0 saturated heterocycles. The van der Waals surface area contributed by atoms with Crippen LogP contribution < -0.4 is 5.32 Å². The monoisotopic (exact) mass is 277 g/mol. The topological polar surface area (TPSA) is 21.3 Å². The number of rotatable bonds is 9. The fraction of sp³-hybridized carbons (Fsp3) is 0.667. The van der Waals surface area contributed by atoms with Gasteiger partial charge in [-0.3, -0.25) is 0 Å². The first-order chi connectivity index (χ1) is 9.51. The minimum absolute atomic E-state index is 0.167. The zero-order chi connectivity index (χ0) is 14.8. The lowest BCUT2D eigenvalue weighted by atomic mass is 10.1. The van der Waals surface area contributed by atoms with Crippen molar-refractivity contribution < 1.29 is 4.74 Å². The molecule has 20 heavy (non-hydrogen) atoms. The summed E-state index contributed by atoms with van der Waals surface area (Å²) in [5.74, 6) is 0. The van der Waals surface area contributed by atoms with Gasteiger partial charge in [-0.25, -0.2) is 0 Å². The molecule has 1 N–H and O–H groups in total. The summed E-state index contributed by atoms with van der Waals surface area (Å²) >= 11 is 0. The van der Waals surface area contributed by atoms with E-state index >= 15 is 0 Å². The quantitative estimate of drug-likeness (QED) is 0.662. The second kappa shape index (κ2) is 9.15. The zero-order valence-electron chi connectivity index (χ0n) is 13.7. The highest BCUT2D eigenvalue weighted by atomic mass is 16.5. The molecule has 0 saturated carbocycles. The van der Waals surface area contributed by atoms with Gasteiger partial charge in [0.2, 0.25) is 0 Å². The predicted octanol–water partition coefficient (Wildman–Crippen LogP) is 4.67. The first-order valence-electron chi connectivity index (χ1n) is 7.92. The summed E-state index contributed by atoms with van der Waals surface area (Å²) in [5.41, 5.74) is 2.76. The van der Waals surface area contributed by atoms with Crippen LogP contribution >= 0.6 is 0 Å². The molecule has 1 rings (SSSR count). The predicted molar refractivity (Wildman–Crippen MR) is 86.8 cm³/mol. The first kappa shape index (κ1) is 17.2. The third kappa shape index (κ3) is 8.34. The molecule has 0 atom stereocenters. The summed E-state index contributed by atoms with van der Waals surface area (Å²) in [6.45, 7) is 11.3. The van der Waals surface area contributed by atoms with Crippen LogP contribution in [0.3, 0.4) is 0 Å². The van der Waals surface area contributed by atoms with Crippen molar-refractivity contribution in [2.75, 3.05) is 6.61 Å². The first-order valence-corrected chi connectivity index (χ1v) is 7.92. The standard InChI is InChI=1S/C18H31NO/c1-5-6-7-8-13-20-15-17-11-9-16(10-12-17)14-19-18(2,3)4/h9-12,19H,5-8,13-15H2,1-4H3.